The first-order chi connectivity index (χ1) is 8.39. The van der Waals surface area contributed by atoms with Gasteiger partial charge < -0.3 is 10.4 Å². The first kappa shape index (κ1) is 13.6. The van der Waals surface area contributed by atoms with Crippen LogP contribution in [-0.2, 0) is 6.18 Å². The Bertz CT molecular complexity index is 399. The van der Waals surface area contributed by atoms with Crippen molar-refractivity contribution in [3.63, 3.8) is 0 Å². The molecule has 1 aliphatic carbocycles. The van der Waals surface area contributed by atoms with Crippen LogP contribution in [0.25, 0.3) is 0 Å². The number of rotatable bonds is 3. The summed E-state index contributed by atoms with van der Waals surface area (Å²) < 4.78 is 37.1. The molecule has 0 aliphatic heterocycles. The molecule has 18 heavy (non-hydrogen) atoms. The molecule has 0 atom stereocenters. The van der Waals surface area contributed by atoms with Gasteiger partial charge in [-0.05, 0) is 12.8 Å². The molecule has 102 valence electrons. The summed E-state index contributed by atoms with van der Waals surface area (Å²) in [6.07, 6.45) is 0.887. The monoisotopic (exact) mass is 280 g/mol. The van der Waals surface area contributed by atoms with Crippen molar-refractivity contribution in [2.45, 2.75) is 43.9 Å². The van der Waals surface area contributed by atoms with Crippen molar-refractivity contribution in [2.75, 3.05) is 11.9 Å². The van der Waals surface area contributed by atoms with Gasteiger partial charge in [-0.15, -0.1) is 0 Å². The minimum absolute atomic E-state index is 0.210. The fourth-order valence-electron chi connectivity index (χ4n) is 2.11. The van der Waals surface area contributed by atoms with E-state index in [4.69, 9.17) is 0 Å². The molecule has 1 heterocycles. The van der Waals surface area contributed by atoms with Crippen LogP contribution in [0.15, 0.2) is 6.20 Å². The number of hydrogen-bond donors (Lipinski definition) is 2. The summed E-state index contributed by atoms with van der Waals surface area (Å²) in [5, 5.41) is 13.2. The van der Waals surface area contributed by atoms with Crippen molar-refractivity contribution in [1.29, 1.82) is 0 Å². The van der Waals surface area contributed by atoms with Crippen molar-refractivity contribution in [3.05, 3.63) is 11.1 Å². The van der Waals surface area contributed by atoms with E-state index in [0.717, 1.165) is 25.5 Å². The number of aliphatic hydroxyl groups is 1. The second-order valence-corrected chi connectivity index (χ2v) is 5.70. The van der Waals surface area contributed by atoms with Crippen LogP contribution >= 0.6 is 11.3 Å². The number of halogens is 3. The number of alkyl halides is 3. The lowest BCUT2D eigenvalue weighted by Crippen LogP contribution is -2.38. The molecule has 0 spiro atoms. The van der Waals surface area contributed by atoms with Gasteiger partial charge in [0.2, 0.25) is 0 Å². The molecule has 2 N–H and O–H groups in total. The van der Waals surface area contributed by atoms with E-state index >= 15 is 0 Å². The van der Waals surface area contributed by atoms with Gasteiger partial charge in [-0.2, -0.15) is 13.2 Å². The minimum atomic E-state index is -4.35. The molecule has 0 saturated heterocycles. The van der Waals surface area contributed by atoms with E-state index in [9.17, 15) is 18.3 Å². The molecule has 2 rings (SSSR count). The van der Waals surface area contributed by atoms with Gasteiger partial charge in [0.05, 0.1) is 11.8 Å². The second-order valence-electron chi connectivity index (χ2n) is 4.67. The van der Waals surface area contributed by atoms with Crippen LogP contribution in [0.4, 0.5) is 18.3 Å². The maximum Gasteiger partial charge on any atom is 0.427 e. The fraction of sp³-hybridized carbons (Fsp3) is 0.727. The molecule has 7 heteroatoms. The number of nitrogens with zero attached hydrogens (tertiary/aromatic N) is 1. The highest BCUT2D eigenvalue weighted by Gasteiger charge is 2.34. The molecule has 0 unspecified atom stereocenters. The molecule has 1 fully saturated rings. The molecule has 1 aliphatic rings. The van der Waals surface area contributed by atoms with Gasteiger partial charge >= 0.3 is 6.18 Å². The average Bonchev–Trinajstić information content (AvgIpc) is 2.76. The topological polar surface area (TPSA) is 45.1 Å². The SMILES string of the molecule is OC1(CNc2ncc(C(F)(F)F)s2)CCCCC1. The van der Waals surface area contributed by atoms with Crippen molar-refractivity contribution < 1.29 is 18.3 Å². The van der Waals surface area contributed by atoms with Crippen LogP contribution in [0, 0.1) is 0 Å². The van der Waals surface area contributed by atoms with E-state index < -0.39 is 16.7 Å². The van der Waals surface area contributed by atoms with Gasteiger partial charge in [-0.1, -0.05) is 30.6 Å². The predicted molar refractivity (Wildman–Crippen MR) is 63.6 cm³/mol. The maximum atomic E-state index is 12.4. The molecule has 3 nitrogen and oxygen atoms in total. The zero-order valence-corrected chi connectivity index (χ0v) is 10.6. The van der Waals surface area contributed by atoms with Crippen LogP contribution in [0.2, 0.25) is 0 Å². The van der Waals surface area contributed by atoms with Gasteiger partial charge in [0.25, 0.3) is 0 Å². The Morgan fingerprint density at radius 2 is 2.00 bits per heavy atom. The first-order valence-corrected chi connectivity index (χ1v) is 6.70. The van der Waals surface area contributed by atoms with Crippen molar-refractivity contribution in [3.8, 4) is 0 Å². The highest BCUT2D eigenvalue weighted by atomic mass is 32.1. The summed E-state index contributed by atoms with van der Waals surface area (Å²) in [5.74, 6) is 0. The summed E-state index contributed by atoms with van der Waals surface area (Å²) in [5.41, 5.74) is -0.803. The lowest BCUT2D eigenvalue weighted by molar-refractivity contribution is -0.134. The van der Waals surface area contributed by atoms with Crippen molar-refractivity contribution in [2.24, 2.45) is 0 Å². The van der Waals surface area contributed by atoms with E-state index in [2.05, 4.69) is 10.3 Å². The summed E-state index contributed by atoms with van der Waals surface area (Å²) in [7, 11) is 0. The van der Waals surface area contributed by atoms with E-state index in [1.165, 1.54) is 0 Å². The van der Waals surface area contributed by atoms with Crippen LogP contribution in [0.1, 0.15) is 37.0 Å². The van der Waals surface area contributed by atoms with Crippen LogP contribution < -0.4 is 5.32 Å². The Labute approximate surface area is 107 Å². The quantitative estimate of drug-likeness (QED) is 0.893. The number of nitrogens with one attached hydrogen (secondary N) is 1. The lowest BCUT2D eigenvalue weighted by Gasteiger charge is -2.31. The average molecular weight is 280 g/mol. The summed E-state index contributed by atoms with van der Waals surface area (Å²) in [4.78, 5) is 2.95. The molecule has 1 aromatic rings. The molecule has 1 saturated carbocycles. The largest absolute Gasteiger partial charge is 0.427 e. The van der Waals surface area contributed by atoms with E-state index in [1.807, 2.05) is 0 Å². The van der Waals surface area contributed by atoms with Crippen LogP contribution in [0.3, 0.4) is 0 Å². The molecule has 0 amide bonds. The summed E-state index contributed by atoms with van der Waals surface area (Å²) in [6.45, 7) is 0.262. The predicted octanol–water partition coefficient (Wildman–Crippen LogP) is 3.27. The van der Waals surface area contributed by atoms with Gasteiger partial charge in [-0.25, -0.2) is 4.98 Å². The Morgan fingerprint density at radius 1 is 1.33 bits per heavy atom. The van der Waals surface area contributed by atoms with Crippen LogP contribution in [0.5, 0.6) is 0 Å². The standard InChI is InChI=1S/C11H15F3N2OS/c12-11(13,14)8-6-15-9(18-8)16-7-10(17)4-2-1-3-5-10/h6,17H,1-5,7H2,(H,15,16). The summed E-state index contributed by atoms with van der Waals surface area (Å²) in [6, 6.07) is 0. The molecular formula is C11H15F3N2OS. The van der Waals surface area contributed by atoms with Gasteiger partial charge in [-0.3, -0.25) is 0 Å². The maximum absolute atomic E-state index is 12.4. The molecule has 0 aromatic carbocycles. The highest BCUT2D eigenvalue weighted by Crippen LogP contribution is 2.35. The molecule has 0 radical (unpaired) electrons. The van der Waals surface area contributed by atoms with E-state index in [1.54, 1.807) is 0 Å². The van der Waals surface area contributed by atoms with Crippen molar-refractivity contribution >= 4 is 16.5 Å². The zero-order valence-electron chi connectivity index (χ0n) is 9.76. The number of thiazole rings is 1. The second kappa shape index (κ2) is 5.05. The number of hydrogen-bond acceptors (Lipinski definition) is 4. The van der Waals surface area contributed by atoms with Gasteiger partial charge in [0.15, 0.2) is 5.13 Å². The molecule has 1 aromatic heterocycles. The Morgan fingerprint density at radius 3 is 2.56 bits per heavy atom. The number of anilines is 1. The van der Waals surface area contributed by atoms with E-state index in [-0.39, 0.29) is 11.7 Å². The third-order valence-electron chi connectivity index (χ3n) is 3.14. The smallest absolute Gasteiger partial charge is 0.388 e. The number of aromatic nitrogens is 1. The lowest BCUT2D eigenvalue weighted by atomic mass is 9.85. The van der Waals surface area contributed by atoms with Gasteiger partial charge in [0, 0.05) is 6.54 Å². The molecular weight excluding hydrogens is 265 g/mol. The third kappa shape index (κ3) is 3.35. The Balaban J connectivity index is 1.92. The van der Waals surface area contributed by atoms with E-state index in [0.29, 0.717) is 24.2 Å². The fourth-order valence-corrected chi connectivity index (χ4v) is 2.79. The minimum Gasteiger partial charge on any atom is -0.388 e. The Kier molecular flexibility index (Phi) is 3.82. The summed E-state index contributed by atoms with van der Waals surface area (Å²) >= 11 is 0.569. The first-order valence-electron chi connectivity index (χ1n) is 5.88. The van der Waals surface area contributed by atoms with Crippen LogP contribution in [-0.4, -0.2) is 22.2 Å². The van der Waals surface area contributed by atoms with Gasteiger partial charge in [0.1, 0.15) is 4.88 Å². The molecule has 0 bridgehead atoms. The Hall–Kier alpha value is -0.820. The zero-order chi connectivity index (χ0) is 13.2. The normalized spacial score (nSPS) is 19.8. The third-order valence-corrected chi connectivity index (χ3v) is 4.14. The highest BCUT2D eigenvalue weighted by molar-refractivity contribution is 7.15. The van der Waals surface area contributed by atoms with Crippen molar-refractivity contribution in [1.82, 2.24) is 4.98 Å².